The zero-order valence-corrected chi connectivity index (χ0v) is 19.1. The van der Waals surface area contributed by atoms with Crippen molar-refractivity contribution in [3.63, 3.8) is 0 Å². The number of halogens is 1. The van der Waals surface area contributed by atoms with Gasteiger partial charge in [0.1, 0.15) is 5.82 Å². The Labute approximate surface area is 197 Å². The molecule has 9 heteroatoms. The average Bonchev–Trinajstić information content (AvgIpc) is 2.82. The van der Waals surface area contributed by atoms with Crippen molar-refractivity contribution >= 4 is 38.3 Å². The maximum Gasteiger partial charge on any atom is 0.161 e. The number of fused-ring (bicyclic) bond motifs is 5. The number of nitrogen functional groups attached to an aromatic ring is 1. The van der Waals surface area contributed by atoms with Crippen LogP contribution >= 0.6 is 0 Å². The number of ether oxygens (including phenoxy) is 2. The predicted molar refractivity (Wildman–Crippen MR) is 122 cm³/mol. The van der Waals surface area contributed by atoms with E-state index in [1.165, 1.54) is 0 Å². The Bertz CT molecular complexity index is 1490. The summed E-state index contributed by atoms with van der Waals surface area (Å²) in [5.74, 6) is 1.94. The zero-order valence-electron chi connectivity index (χ0n) is 18.3. The third-order valence-electron chi connectivity index (χ3n) is 5.42. The van der Waals surface area contributed by atoms with Crippen molar-refractivity contribution in [3.8, 4) is 22.6 Å². The number of aromatic nitrogens is 1. The second-order valence-corrected chi connectivity index (χ2v) is 8.17. The average molecular weight is 481 g/mol. The van der Waals surface area contributed by atoms with Crippen LogP contribution in [0.2, 0.25) is 0 Å². The van der Waals surface area contributed by atoms with Crippen molar-refractivity contribution in [2.75, 3.05) is 20.0 Å². The Morgan fingerprint density at radius 1 is 0.794 bits per heavy atom. The number of pyridine rings is 1. The molecule has 0 fully saturated rings. The Hall–Kier alpha value is -3.66. The van der Waals surface area contributed by atoms with E-state index in [4.69, 9.17) is 38.8 Å². The lowest BCUT2D eigenvalue weighted by Crippen LogP contribution is -2.58. The summed E-state index contributed by atoms with van der Waals surface area (Å²) >= 11 is 0. The highest BCUT2D eigenvalue weighted by atomic mass is 35.7. The van der Waals surface area contributed by atoms with E-state index in [2.05, 4.69) is 30.3 Å². The number of rotatable bonds is 3. The molecule has 0 radical (unpaired) electrons. The van der Waals surface area contributed by atoms with Crippen LogP contribution in [0.3, 0.4) is 0 Å². The highest BCUT2D eigenvalue weighted by molar-refractivity contribution is 6.23. The van der Waals surface area contributed by atoms with Crippen molar-refractivity contribution in [1.82, 2.24) is 4.98 Å². The molecule has 1 heterocycles. The lowest BCUT2D eigenvalue weighted by molar-refractivity contribution is -1.92. The maximum absolute atomic E-state index is 8.60. The van der Waals surface area contributed by atoms with Gasteiger partial charge in [-0.15, -0.1) is 0 Å². The van der Waals surface area contributed by atoms with Crippen LogP contribution in [0.25, 0.3) is 43.6 Å². The molecule has 5 rings (SSSR count). The normalized spacial score (nSPS) is 11.4. The van der Waals surface area contributed by atoms with Crippen molar-refractivity contribution in [1.29, 1.82) is 0 Å². The van der Waals surface area contributed by atoms with Gasteiger partial charge in [0.15, 0.2) is 11.5 Å². The first-order valence-electron chi connectivity index (χ1n) is 10.1. The van der Waals surface area contributed by atoms with Crippen LogP contribution in [0, 0.1) is 10.2 Å². The molecular formula is C25H21ClN2O6. The van der Waals surface area contributed by atoms with Crippen molar-refractivity contribution in [2.45, 2.75) is 0 Å². The molecule has 0 saturated carbocycles. The van der Waals surface area contributed by atoms with E-state index in [0.717, 1.165) is 43.6 Å². The molecule has 0 spiro atoms. The molecule has 5 aromatic rings. The van der Waals surface area contributed by atoms with Crippen LogP contribution in [-0.2, 0) is 0 Å². The smallest absolute Gasteiger partial charge is 0.161 e. The first kappa shape index (κ1) is 23.5. The number of methoxy groups -OCH3 is 2. The summed E-state index contributed by atoms with van der Waals surface area (Å²) in [6.07, 6.45) is 0. The second kappa shape index (κ2) is 9.30. The van der Waals surface area contributed by atoms with Gasteiger partial charge in [-0.25, -0.2) is 4.98 Å². The topological polar surface area (TPSA) is 147 Å². The quantitative estimate of drug-likeness (QED) is 0.371. The van der Waals surface area contributed by atoms with Gasteiger partial charge < -0.3 is 15.2 Å². The minimum absolute atomic E-state index is 0.544. The molecule has 0 amide bonds. The molecule has 0 bridgehead atoms. The molecular weight excluding hydrogens is 460 g/mol. The molecule has 8 nitrogen and oxygen atoms in total. The van der Waals surface area contributed by atoms with E-state index in [1.54, 1.807) is 14.2 Å². The summed E-state index contributed by atoms with van der Waals surface area (Å²) in [4.78, 5) is 4.82. The van der Waals surface area contributed by atoms with Gasteiger partial charge in [0.05, 0.1) is 34.6 Å². The van der Waals surface area contributed by atoms with Crippen LogP contribution in [0.5, 0.6) is 11.5 Å². The monoisotopic (exact) mass is 480 g/mol. The fourth-order valence-electron chi connectivity index (χ4n) is 4.05. The number of nitrogens with two attached hydrogens (primary N) is 1. The summed E-state index contributed by atoms with van der Waals surface area (Å²) in [5.41, 5.74) is 9.37. The Kier molecular flexibility index (Phi) is 6.43. The van der Waals surface area contributed by atoms with Crippen LogP contribution in [-0.4, -0.2) is 23.9 Å². The molecule has 4 aromatic carbocycles. The number of hydrogen-bond acceptors (Lipinski definition) is 8. The van der Waals surface area contributed by atoms with Crippen LogP contribution in [0.15, 0.2) is 72.8 Å². The van der Waals surface area contributed by atoms with Crippen LogP contribution in [0.1, 0.15) is 0 Å². The van der Waals surface area contributed by atoms with Crippen molar-refractivity contribution < 1.29 is 38.4 Å². The fraction of sp³-hybridized carbons (Fsp3) is 0.0800. The molecule has 0 aliphatic carbocycles. The number of hydrogen-bond donors (Lipinski definition) is 2. The minimum Gasteiger partial charge on any atom is -0.493 e. The summed E-state index contributed by atoms with van der Waals surface area (Å²) in [6, 6.07) is 24.6. The van der Waals surface area contributed by atoms with Gasteiger partial charge in [0.2, 0.25) is 0 Å². The second-order valence-electron chi connectivity index (χ2n) is 7.38. The molecule has 0 aliphatic rings. The highest BCUT2D eigenvalue weighted by Gasteiger charge is 2.16. The Balaban J connectivity index is 0.000000499. The third kappa shape index (κ3) is 4.67. The van der Waals surface area contributed by atoms with Gasteiger partial charge in [-0.3, -0.25) is 0 Å². The molecule has 34 heavy (non-hydrogen) atoms. The first-order chi connectivity index (χ1) is 16.2. The highest BCUT2D eigenvalue weighted by Crippen LogP contribution is 2.41. The van der Waals surface area contributed by atoms with E-state index in [1.807, 2.05) is 42.5 Å². The van der Waals surface area contributed by atoms with Gasteiger partial charge in [-0.2, -0.15) is 14.0 Å². The molecule has 0 saturated heterocycles. The number of nitrogens with zero attached hydrogens (tertiary/aromatic N) is 1. The van der Waals surface area contributed by atoms with Crippen LogP contribution < -0.4 is 29.2 Å². The van der Waals surface area contributed by atoms with Gasteiger partial charge in [-0.1, -0.05) is 54.6 Å². The molecule has 0 atom stereocenters. The summed E-state index contributed by atoms with van der Waals surface area (Å²) in [5, 5.41) is 5.33. The van der Waals surface area contributed by atoms with E-state index in [-0.39, 0.29) is 0 Å². The van der Waals surface area contributed by atoms with Gasteiger partial charge in [0, 0.05) is 16.2 Å². The SMILES string of the molecule is COc1ccc(-c2cc3ccccc3c3nc(N)c4ccccc4c23)cc1OC.[O-][Cl+3]([O-])([O-])O. The summed E-state index contributed by atoms with van der Waals surface area (Å²) in [6.45, 7) is 0. The van der Waals surface area contributed by atoms with E-state index in [9.17, 15) is 0 Å². The standard InChI is InChI=1S/C25H20N2O2.ClHO4/c1-28-21-12-11-16(14-22(21)29-2)20-13-15-7-3-4-8-17(15)24-23(20)18-9-5-6-10-19(18)25(26)27-24;2-1(3,4)5/h3-14H,1-2H3,(H2,26,27);(H,2,3,4,5). The van der Waals surface area contributed by atoms with E-state index < -0.39 is 10.2 Å². The molecule has 0 aliphatic heterocycles. The lowest BCUT2D eigenvalue weighted by Gasteiger charge is -2.15. The van der Waals surface area contributed by atoms with E-state index >= 15 is 0 Å². The summed E-state index contributed by atoms with van der Waals surface area (Å²) < 4.78 is 43.7. The maximum atomic E-state index is 8.60. The Morgan fingerprint density at radius 2 is 1.38 bits per heavy atom. The largest absolute Gasteiger partial charge is 0.493 e. The predicted octanol–water partition coefficient (Wildman–Crippen LogP) is 1.68. The van der Waals surface area contributed by atoms with Crippen molar-refractivity contribution in [3.05, 3.63) is 72.8 Å². The van der Waals surface area contributed by atoms with Crippen LogP contribution in [0.4, 0.5) is 5.82 Å². The molecule has 3 N–H and O–H groups in total. The lowest BCUT2D eigenvalue weighted by atomic mass is 9.92. The van der Waals surface area contributed by atoms with Gasteiger partial charge >= 0.3 is 0 Å². The van der Waals surface area contributed by atoms with Crippen molar-refractivity contribution in [2.24, 2.45) is 0 Å². The third-order valence-corrected chi connectivity index (χ3v) is 5.42. The minimum atomic E-state index is -4.69. The molecule has 174 valence electrons. The van der Waals surface area contributed by atoms with Gasteiger partial charge in [-0.05, 0) is 40.1 Å². The molecule has 0 unspecified atom stereocenters. The first-order valence-corrected chi connectivity index (χ1v) is 11.3. The molecule has 1 aromatic heterocycles. The zero-order chi connectivity index (χ0) is 24.5. The fourth-order valence-corrected chi connectivity index (χ4v) is 4.05. The number of anilines is 1. The summed E-state index contributed by atoms with van der Waals surface area (Å²) in [7, 11) is -1.40. The van der Waals surface area contributed by atoms with Gasteiger partial charge in [0.25, 0.3) is 0 Å². The number of benzene rings is 4. The Morgan fingerprint density at radius 3 is 2.03 bits per heavy atom. The van der Waals surface area contributed by atoms with E-state index in [0.29, 0.717) is 17.3 Å².